The van der Waals surface area contributed by atoms with Gasteiger partial charge in [0, 0.05) is 38.1 Å². The smallest absolute Gasteiger partial charge is 0.222 e. The second kappa shape index (κ2) is 5.96. The molecule has 1 aromatic rings. The lowest BCUT2D eigenvalue weighted by atomic mass is 10.1. The first kappa shape index (κ1) is 13.6. The van der Waals surface area contributed by atoms with Crippen molar-refractivity contribution < 1.29 is 4.79 Å². The molecule has 0 aliphatic carbocycles. The lowest BCUT2D eigenvalue weighted by Gasteiger charge is -2.41. The van der Waals surface area contributed by atoms with Gasteiger partial charge in [-0.05, 0) is 24.8 Å². The van der Waals surface area contributed by atoms with E-state index in [9.17, 15) is 4.79 Å². The number of benzene rings is 1. The molecule has 2 heterocycles. The molecular weight excluding hydrogens is 248 g/mol. The second-order valence-corrected chi connectivity index (χ2v) is 6.03. The van der Waals surface area contributed by atoms with Crippen LogP contribution in [-0.4, -0.2) is 47.4 Å². The Morgan fingerprint density at radius 1 is 1.15 bits per heavy atom. The van der Waals surface area contributed by atoms with Gasteiger partial charge in [-0.2, -0.15) is 0 Å². The molecule has 2 unspecified atom stereocenters. The molecule has 2 aliphatic rings. The summed E-state index contributed by atoms with van der Waals surface area (Å²) in [5.41, 5.74) is 1.41. The summed E-state index contributed by atoms with van der Waals surface area (Å²) < 4.78 is 0. The quantitative estimate of drug-likeness (QED) is 0.840. The monoisotopic (exact) mass is 272 g/mol. The number of piperazine rings is 1. The highest BCUT2D eigenvalue weighted by atomic mass is 16.2. The number of carbonyl (C=O) groups is 1. The first-order chi connectivity index (χ1) is 9.78. The van der Waals surface area contributed by atoms with Crippen molar-refractivity contribution >= 4 is 5.91 Å². The lowest BCUT2D eigenvalue weighted by Crippen LogP contribution is -2.55. The van der Waals surface area contributed by atoms with Gasteiger partial charge in [-0.25, -0.2) is 0 Å². The van der Waals surface area contributed by atoms with Crippen molar-refractivity contribution in [3.8, 4) is 0 Å². The van der Waals surface area contributed by atoms with E-state index in [0.717, 1.165) is 26.1 Å². The highest BCUT2D eigenvalue weighted by molar-refractivity contribution is 5.77. The maximum Gasteiger partial charge on any atom is 0.222 e. The zero-order valence-electron chi connectivity index (χ0n) is 12.3. The van der Waals surface area contributed by atoms with Gasteiger partial charge in [0.1, 0.15) is 0 Å². The number of nitrogens with zero attached hydrogens (tertiary/aromatic N) is 2. The van der Waals surface area contributed by atoms with Crippen molar-refractivity contribution in [2.75, 3.05) is 19.6 Å². The van der Waals surface area contributed by atoms with Crippen LogP contribution in [0.5, 0.6) is 0 Å². The van der Waals surface area contributed by atoms with Gasteiger partial charge in [-0.1, -0.05) is 37.3 Å². The van der Waals surface area contributed by atoms with Crippen molar-refractivity contribution in [1.82, 2.24) is 9.80 Å². The Kier molecular flexibility index (Phi) is 4.06. The molecule has 2 atom stereocenters. The minimum atomic E-state index is 0.347. The average molecular weight is 272 g/mol. The normalized spacial score (nSPS) is 25.9. The fraction of sp³-hybridized carbons (Fsp3) is 0.588. The van der Waals surface area contributed by atoms with Crippen LogP contribution >= 0.6 is 0 Å². The van der Waals surface area contributed by atoms with E-state index in [2.05, 4.69) is 40.1 Å². The van der Waals surface area contributed by atoms with Crippen LogP contribution in [0.1, 0.15) is 31.7 Å². The first-order valence-electron chi connectivity index (χ1n) is 7.85. The molecule has 0 N–H and O–H groups in total. The molecule has 2 bridgehead atoms. The highest BCUT2D eigenvalue weighted by Crippen LogP contribution is 2.30. The second-order valence-electron chi connectivity index (χ2n) is 6.03. The van der Waals surface area contributed by atoms with Crippen LogP contribution in [0, 0.1) is 0 Å². The predicted molar refractivity (Wildman–Crippen MR) is 80.5 cm³/mol. The third-order valence-electron chi connectivity index (χ3n) is 4.71. The summed E-state index contributed by atoms with van der Waals surface area (Å²) in [5, 5.41) is 0. The van der Waals surface area contributed by atoms with Crippen molar-refractivity contribution in [3.63, 3.8) is 0 Å². The van der Waals surface area contributed by atoms with E-state index in [0.29, 0.717) is 24.4 Å². The molecule has 3 nitrogen and oxygen atoms in total. The summed E-state index contributed by atoms with van der Waals surface area (Å²) in [4.78, 5) is 16.8. The Labute approximate surface area is 121 Å². The molecule has 0 spiro atoms. The average Bonchev–Trinajstić information content (AvgIpc) is 2.76. The van der Waals surface area contributed by atoms with Gasteiger partial charge in [-0.3, -0.25) is 9.69 Å². The van der Waals surface area contributed by atoms with Crippen LogP contribution in [0.2, 0.25) is 0 Å². The number of rotatable bonds is 4. The molecule has 2 saturated heterocycles. The maximum atomic E-state index is 12.0. The van der Waals surface area contributed by atoms with Gasteiger partial charge in [0.15, 0.2) is 0 Å². The van der Waals surface area contributed by atoms with Crippen LogP contribution in [0.4, 0.5) is 0 Å². The van der Waals surface area contributed by atoms with Gasteiger partial charge in [-0.15, -0.1) is 0 Å². The van der Waals surface area contributed by atoms with E-state index in [4.69, 9.17) is 0 Å². The summed E-state index contributed by atoms with van der Waals surface area (Å²) in [6.07, 6.45) is 4.15. The summed E-state index contributed by atoms with van der Waals surface area (Å²) in [6, 6.07) is 11.6. The van der Waals surface area contributed by atoms with Gasteiger partial charge in [0.2, 0.25) is 5.91 Å². The van der Waals surface area contributed by atoms with E-state index >= 15 is 0 Å². The van der Waals surface area contributed by atoms with Gasteiger partial charge >= 0.3 is 0 Å². The van der Waals surface area contributed by atoms with Crippen LogP contribution in [0.15, 0.2) is 30.3 Å². The standard InChI is InChI=1S/C17H24N2O/c1-2-17(20)19-15-8-9-16(19)13-18(12-15)11-10-14-6-4-3-5-7-14/h3-7,15-16H,2,8-13H2,1H3. The molecule has 108 valence electrons. The van der Waals surface area contributed by atoms with Crippen molar-refractivity contribution in [2.45, 2.75) is 44.7 Å². The SMILES string of the molecule is CCC(=O)N1C2CCC1CN(CCc1ccccc1)C2. The minimum absolute atomic E-state index is 0.347. The van der Waals surface area contributed by atoms with Crippen molar-refractivity contribution in [1.29, 1.82) is 0 Å². The summed E-state index contributed by atoms with van der Waals surface area (Å²) in [7, 11) is 0. The van der Waals surface area contributed by atoms with Crippen molar-refractivity contribution in [3.05, 3.63) is 35.9 Å². The topological polar surface area (TPSA) is 23.6 Å². The number of amides is 1. The van der Waals surface area contributed by atoms with E-state index in [-0.39, 0.29) is 0 Å². The third-order valence-corrected chi connectivity index (χ3v) is 4.71. The Hall–Kier alpha value is -1.35. The fourth-order valence-electron chi connectivity index (χ4n) is 3.69. The number of hydrogen-bond donors (Lipinski definition) is 0. The van der Waals surface area contributed by atoms with Gasteiger partial charge in [0.05, 0.1) is 0 Å². The lowest BCUT2D eigenvalue weighted by molar-refractivity contribution is -0.136. The molecule has 3 rings (SSSR count). The fourth-order valence-corrected chi connectivity index (χ4v) is 3.69. The number of hydrogen-bond acceptors (Lipinski definition) is 2. The molecule has 2 fully saturated rings. The van der Waals surface area contributed by atoms with Gasteiger partial charge < -0.3 is 4.90 Å². The molecular formula is C17H24N2O. The molecule has 1 amide bonds. The van der Waals surface area contributed by atoms with E-state index in [1.54, 1.807) is 0 Å². The number of carbonyl (C=O) groups excluding carboxylic acids is 1. The summed E-state index contributed by atoms with van der Waals surface area (Å²) in [6.45, 7) is 5.22. The number of likely N-dealkylation sites (tertiary alicyclic amines) is 1. The minimum Gasteiger partial charge on any atom is -0.334 e. The predicted octanol–water partition coefficient (Wildman–Crippen LogP) is 2.31. The molecule has 0 saturated carbocycles. The largest absolute Gasteiger partial charge is 0.334 e. The van der Waals surface area contributed by atoms with Crippen LogP contribution < -0.4 is 0 Å². The van der Waals surface area contributed by atoms with Crippen LogP contribution in [-0.2, 0) is 11.2 Å². The first-order valence-corrected chi connectivity index (χ1v) is 7.85. The maximum absolute atomic E-state index is 12.0. The summed E-state index contributed by atoms with van der Waals surface area (Å²) >= 11 is 0. The van der Waals surface area contributed by atoms with Crippen LogP contribution in [0.3, 0.4) is 0 Å². The molecule has 1 aromatic carbocycles. The Morgan fingerprint density at radius 2 is 1.80 bits per heavy atom. The molecule has 0 aromatic heterocycles. The van der Waals surface area contributed by atoms with Gasteiger partial charge in [0.25, 0.3) is 0 Å². The van der Waals surface area contributed by atoms with E-state index in [1.165, 1.54) is 18.4 Å². The Morgan fingerprint density at radius 3 is 2.40 bits per heavy atom. The third kappa shape index (κ3) is 2.73. The summed E-state index contributed by atoms with van der Waals surface area (Å²) in [5.74, 6) is 0.347. The molecule has 3 heteroatoms. The van der Waals surface area contributed by atoms with E-state index in [1.807, 2.05) is 6.92 Å². The Balaban J connectivity index is 1.56. The van der Waals surface area contributed by atoms with E-state index < -0.39 is 0 Å². The van der Waals surface area contributed by atoms with Crippen LogP contribution in [0.25, 0.3) is 0 Å². The highest BCUT2D eigenvalue weighted by Gasteiger charge is 2.41. The zero-order chi connectivity index (χ0) is 13.9. The molecule has 2 aliphatic heterocycles. The molecule has 20 heavy (non-hydrogen) atoms. The number of fused-ring (bicyclic) bond motifs is 2. The zero-order valence-corrected chi connectivity index (χ0v) is 12.3. The molecule has 0 radical (unpaired) electrons. The Bertz CT molecular complexity index is 445. The van der Waals surface area contributed by atoms with Crippen molar-refractivity contribution in [2.24, 2.45) is 0 Å².